The van der Waals surface area contributed by atoms with Crippen LogP contribution in [0.15, 0.2) is 72.8 Å². The number of amides is 1. The Labute approximate surface area is 143 Å². The molecule has 0 saturated carbocycles. The first-order valence-corrected chi connectivity index (χ1v) is 8.10. The summed E-state index contributed by atoms with van der Waals surface area (Å²) in [5.41, 5.74) is 7.06. The Kier molecular flexibility index (Phi) is 4.76. The van der Waals surface area contributed by atoms with E-state index in [0.717, 1.165) is 5.69 Å². The molecule has 24 heavy (non-hydrogen) atoms. The van der Waals surface area contributed by atoms with Crippen molar-refractivity contribution in [1.29, 1.82) is 0 Å². The van der Waals surface area contributed by atoms with Gasteiger partial charge in [0.05, 0.1) is 0 Å². The van der Waals surface area contributed by atoms with Crippen LogP contribution in [0.5, 0.6) is 0 Å². The molecule has 0 aromatic heterocycles. The van der Waals surface area contributed by atoms with Crippen LogP contribution in [0.25, 0.3) is 0 Å². The van der Waals surface area contributed by atoms with Crippen LogP contribution in [0.3, 0.4) is 0 Å². The Morgan fingerprint density at radius 3 is 1.42 bits per heavy atom. The Morgan fingerprint density at radius 2 is 1.04 bits per heavy atom. The fourth-order valence-electron chi connectivity index (χ4n) is 2.93. The molecule has 0 heterocycles. The van der Waals surface area contributed by atoms with Crippen molar-refractivity contribution in [1.82, 2.24) is 0 Å². The molecule has 0 atom stereocenters. The molecule has 0 saturated heterocycles. The van der Waals surface area contributed by atoms with Crippen LogP contribution in [-0.4, -0.2) is 6.41 Å². The van der Waals surface area contributed by atoms with Crippen LogP contribution in [0.4, 0.5) is 5.69 Å². The van der Waals surface area contributed by atoms with Gasteiger partial charge < -0.3 is 5.32 Å². The van der Waals surface area contributed by atoms with Gasteiger partial charge in [0.2, 0.25) is 6.41 Å². The molecule has 1 N–H and O–H groups in total. The highest BCUT2D eigenvalue weighted by atomic mass is 16.1. The third-order valence-corrected chi connectivity index (χ3v) is 4.29. The fourth-order valence-corrected chi connectivity index (χ4v) is 2.93. The van der Waals surface area contributed by atoms with Crippen LogP contribution in [0.1, 0.15) is 33.7 Å². The largest absolute Gasteiger partial charge is 0.329 e. The first-order chi connectivity index (χ1) is 11.7. The van der Waals surface area contributed by atoms with E-state index in [1.54, 1.807) is 0 Å². The van der Waals surface area contributed by atoms with Gasteiger partial charge in [0.25, 0.3) is 0 Å². The topological polar surface area (TPSA) is 29.1 Å². The van der Waals surface area contributed by atoms with Crippen LogP contribution < -0.4 is 5.32 Å². The van der Waals surface area contributed by atoms with E-state index in [9.17, 15) is 4.79 Å². The SMILES string of the molecule is Cc1ccc(C(c2ccc(C)cc2)c2ccc(NC=O)cc2)cc1. The first kappa shape index (κ1) is 16.0. The summed E-state index contributed by atoms with van der Waals surface area (Å²) in [5, 5.41) is 2.69. The van der Waals surface area contributed by atoms with Gasteiger partial charge >= 0.3 is 0 Å². The van der Waals surface area contributed by atoms with Crippen molar-refractivity contribution in [3.8, 4) is 0 Å². The third-order valence-electron chi connectivity index (χ3n) is 4.29. The average Bonchev–Trinajstić information content (AvgIpc) is 2.60. The maximum Gasteiger partial charge on any atom is 0.211 e. The monoisotopic (exact) mass is 315 g/mol. The van der Waals surface area contributed by atoms with E-state index in [-0.39, 0.29) is 5.92 Å². The maximum absolute atomic E-state index is 10.6. The molecule has 0 aliphatic rings. The van der Waals surface area contributed by atoms with E-state index >= 15 is 0 Å². The molecule has 0 fully saturated rings. The summed E-state index contributed by atoms with van der Waals surface area (Å²) in [6, 6.07) is 25.4. The van der Waals surface area contributed by atoms with Crippen LogP contribution in [0.2, 0.25) is 0 Å². The molecular formula is C22H21NO. The molecule has 0 aliphatic heterocycles. The highest BCUT2D eigenvalue weighted by molar-refractivity contribution is 5.71. The number of hydrogen-bond donors (Lipinski definition) is 1. The minimum atomic E-state index is 0.177. The normalized spacial score (nSPS) is 10.6. The Bertz CT molecular complexity index is 757. The number of nitrogens with one attached hydrogen (secondary N) is 1. The van der Waals surface area contributed by atoms with E-state index in [2.05, 4.69) is 79.8 Å². The Morgan fingerprint density at radius 1 is 0.667 bits per heavy atom. The Balaban J connectivity index is 2.05. The lowest BCUT2D eigenvalue weighted by atomic mass is 9.84. The zero-order valence-corrected chi connectivity index (χ0v) is 14.0. The number of aryl methyl sites for hydroxylation is 2. The number of hydrogen-bond acceptors (Lipinski definition) is 1. The molecule has 2 nitrogen and oxygen atoms in total. The number of carbonyl (C=O) groups is 1. The molecule has 0 bridgehead atoms. The highest BCUT2D eigenvalue weighted by Crippen LogP contribution is 2.32. The summed E-state index contributed by atoms with van der Waals surface area (Å²) in [4.78, 5) is 10.6. The van der Waals surface area contributed by atoms with Gasteiger partial charge in [0.15, 0.2) is 0 Å². The van der Waals surface area contributed by atoms with Gasteiger partial charge in [-0.05, 0) is 42.7 Å². The van der Waals surface area contributed by atoms with Gasteiger partial charge in [0, 0.05) is 11.6 Å². The van der Waals surface area contributed by atoms with E-state index in [1.165, 1.54) is 27.8 Å². The van der Waals surface area contributed by atoms with E-state index in [1.807, 2.05) is 12.1 Å². The molecule has 120 valence electrons. The Hall–Kier alpha value is -2.87. The predicted molar refractivity (Wildman–Crippen MR) is 99.4 cm³/mol. The zero-order chi connectivity index (χ0) is 16.9. The minimum Gasteiger partial charge on any atom is -0.329 e. The summed E-state index contributed by atoms with van der Waals surface area (Å²) in [6.07, 6.45) is 0.701. The van der Waals surface area contributed by atoms with Crippen LogP contribution in [0, 0.1) is 13.8 Å². The molecule has 0 radical (unpaired) electrons. The summed E-state index contributed by atoms with van der Waals surface area (Å²) >= 11 is 0. The summed E-state index contributed by atoms with van der Waals surface area (Å²) in [7, 11) is 0. The van der Waals surface area contributed by atoms with Gasteiger partial charge in [-0.15, -0.1) is 0 Å². The van der Waals surface area contributed by atoms with Gasteiger partial charge in [-0.1, -0.05) is 71.8 Å². The first-order valence-electron chi connectivity index (χ1n) is 8.10. The fraction of sp³-hybridized carbons (Fsp3) is 0.136. The number of carbonyl (C=O) groups excluding carboxylic acids is 1. The molecule has 3 aromatic carbocycles. The molecule has 2 heteroatoms. The van der Waals surface area contributed by atoms with Crippen molar-refractivity contribution in [3.63, 3.8) is 0 Å². The lowest BCUT2D eigenvalue weighted by Crippen LogP contribution is -2.04. The summed E-state index contributed by atoms with van der Waals surface area (Å²) in [5.74, 6) is 0.177. The van der Waals surface area contributed by atoms with Crippen molar-refractivity contribution >= 4 is 12.1 Å². The third kappa shape index (κ3) is 3.54. The molecule has 0 aliphatic carbocycles. The molecular weight excluding hydrogens is 294 g/mol. The number of anilines is 1. The molecule has 1 amide bonds. The second-order valence-electron chi connectivity index (χ2n) is 6.14. The standard InChI is InChI=1S/C22H21NO/c1-16-3-7-18(8-4-16)22(19-9-5-17(2)6-10-19)20-11-13-21(14-12-20)23-15-24/h3-15,22H,1-2H3,(H,23,24). The summed E-state index contributed by atoms with van der Waals surface area (Å²) in [6.45, 7) is 4.20. The second-order valence-corrected chi connectivity index (χ2v) is 6.14. The molecule has 3 rings (SSSR count). The lowest BCUT2D eigenvalue weighted by Gasteiger charge is -2.20. The quantitative estimate of drug-likeness (QED) is 0.518. The van der Waals surface area contributed by atoms with Crippen molar-refractivity contribution in [2.24, 2.45) is 0 Å². The van der Waals surface area contributed by atoms with Gasteiger partial charge in [0.1, 0.15) is 0 Å². The maximum atomic E-state index is 10.6. The van der Waals surface area contributed by atoms with Crippen LogP contribution >= 0.6 is 0 Å². The molecule has 0 spiro atoms. The van der Waals surface area contributed by atoms with Gasteiger partial charge in [-0.3, -0.25) is 4.79 Å². The smallest absolute Gasteiger partial charge is 0.211 e. The van der Waals surface area contributed by atoms with Crippen molar-refractivity contribution in [2.75, 3.05) is 5.32 Å². The van der Waals surface area contributed by atoms with E-state index < -0.39 is 0 Å². The number of benzene rings is 3. The predicted octanol–water partition coefficient (Wildman–Crippen LogP) is 5.05. The van der Waals surface area contributed by atoms with E-state index in [0.29, 0.717) is 6.41 Å². The van der Waals surface area contributed by atoms with Crippen molar-refractivity contribution in [2.45, 2.75) is 19.8 Å². The molecule has 3 aromatic rings. The van der Waals surface area contributed by atoms with Gasteiger partial charge in [-0.25, -0.2) is 0 Å². The van der Waals surface area contributed by atoms with Crippen molar-refractivity contribution in [3.05, 3.63) is 101 Å². The lowest BCUT2D eigenvalue weighted by molar-refractivity contribution is -0.105. The van der Waals surface area contributed by atoms with Crippen LogP contribution in [-0.2, 0) is 4.79 Å². The highest BCUT2D eigenvalue weighted by Gasteiger charge is 2.16. The summed E-state index contributed by atoms with van der Waals surface area (Å²) < 4.78 is 0. The molecule has 0 unspecified atom stereocenters. The van der Waals surface area contributed by atoms with E-state index in [4.69, 9.17) is 0 Å². The minimum absolute atomic E-state index is 0.177. The van der Waals surface area contributed by atoms with Gasteiger partial charge in [-0.2, -0.15) is 0 Å². The van der Waals surface area contributed by atoms with Crippen molar-refractivity contribution < 1.29 is 4.79 Å². The zero-order valence-electron chi connectivity index (χ0n) is 14.0. The average molecular weight is 315 g/mol. The number of rotatable bonds is 5. The second kappa shape index (κ2) is 7.14.